The van der Waals surface area contributed by atoms with Crippen LogP contribution in [0.3, 0.4) is 0 Å². The molecule has 0 aliphatic heterocycles. The molecule has 4 nitrogen and oxygen atoms in total. The largest absolute Gasteiger partial charge is 0.478 e. The molecule has 112 valence electrons. The van der Waals surface area contributed by atoms with Crippen LogP contribution in [-0.4, -0.2) is 20.6 Å². The molecule has 4 heteroatoms. The lowest BCUT2D eigenvalue weighted by molar-refractivity contribution is 0.0695. The number of hydrogen-bond acceptors (Lipinski definition) is 2. The molecule has 0 spiro atoms. The molecule has 2 aromatic carbocycles. The maximum absolute atomic E-state index is 11.4. The monoisotopic (exact) mass is 294 g/mol. The summed E-state index contributed by atoms with van der Waals surface area (Å²) in [5.74, 6) is 0.112. The molecule has 0 amide bonds. The van der Waals surface area contributed by atoms with Crippen LogP contribution in [0.1, 0.15) is 35.1 Å². The number of carboxylic acids is 1. The van der Waals surface area contributed by atoms with Gasteiger partial charge in [-0.3, -0.25) is 0 Å². The second-order valence-electron chi connectivity index (χ2n) is 5.32. The maximum atomic E-state index is 11.4. The summed E-state index contributed by atoms with van der Waals surface area (Å²) in [5.41, 5.74) is 3.16. The Morgan fingerprint density at radius 2 is 1.86 bits per heavy atom. The third kappa shape index (κ3) is 2.60. The van der Waals surface area contributed by atoms with E-state index >= 15 is 0 Å². The van der Waals surface area contributed by atoms with Crippen LogP contribution in [0, 0.1) is 0 Å². The lowest BCUT2D eigenvalue weighted by Crippen LogP contribution is -2.09. The molecule has 3 rings (SSSR count). The van der Waals surface area contributed by atoms with Crippen LogP contribution in [0.2, 0.25) is 0 Å². The van der Waals surface area contributed by atoms with E-state index in [-0.39, 0.29) is 0 Å². The summed E-state index contributed by atoms with van der Waals surface area (Å²) < 4.78 is 2.13. The van der Waals surface area contributed by atoms with E-state index < -0.39 is 5.97 Å². The molecule has 1 heterocycles. The number of carbonyl (C=O) groups is 1. The van der Waals surface area contributed by atoms with Crippen LogP contribution >= 0.6 is 0 Å². The lowest BCUT2D eigenvalue weighted by Gasteiger charge is -2.11. The molecule has 0 bridgehead atoms. The highest BCUT2D eigenvalue weighted by Crippen LogP contribution is 2.20. The number of carboxylic acid groups (broad SMARTS) is 1. The summed E-state index contributed by atoms with van der Waals surface area (Å²) >= 11 is 0. The van der Waals surface area contributed by atoms with Gasteiger partial charge in [0, 0.05) is 6.42 Å². The van der Waals surface area contributed by atoms with Crippen LogP contribution in [0.15, 0.2) is 48.5 Å². The smallest absolute Gasteiger partial charge is 0.336 e. The minimum atomic E-state index is -0.892. The Morgan fingerprint density at radius 3 is 2.64 bits per heavy atom. The molecule has 0 aliphatic carbocycles. The third-order valence-electron chi connectivity index (χ3n) is 3.78. The van der Waals surface area contributed by atoms with Crippen molar-refractivity contribution in [3.05, 3.63) is 65.5 Å². The molecule has 0 radical (unpaired) electrons. The van der Waals surface area contributed by atoms with E-state index in [2.05, 4.69) is 16.5 Å². The van der Waals surface area contributed by atoms with Crippen molar-refractivity contribution in [3.63, 3.8) is 0 Å². The van der Waals surface area contributed by atoms with Gasteiger partial charge >= 0.3 is 5.97 Å². The number of nitrogens with zero attached hydrogens (tertiary/aromatic N) is 2. The van der Waals surface area contributed by atoms with Gasteiger partial charge in [0.2, 0.25) is 0 Å². The van der Waals surface area contributed by atoms with Crippen molar-refractivity contribution in [3.8, 4) is 0 Å². The number of aromatic carboxylic acids is 1. The second kappa shape index (κ2) is 6.02. The quantitative estimate of drug-likeness (QED) is 0.780. The topological polar surface area (TPSA) is 55.1 Å². The minimum absolute atomic E-state index is 0.350. The fraction of sp³-hybridized carbons (Fsp3) is 0.222. The fourth-order valence-electron chi connectivity index (χ4n) is 2.75. The lowest BCUT2D eigenvalue weighted by atomic mass is 10.1. The molecule has 0 unspecified atom stereocenters. The number of imidazole rings is 1. The molecule has 0 atom stereocenters. The van der Waals surface area contributed by atoms with Crippen LogP contribution in [0.25, 0.3) is 11.0 Å². The van der Waals surface area contributed by atoms with Crippen molar-refractivity contribution >= 4 is 17.0 Å². The van der Waals surface area contributed by atoms with Crippen molar-refractivity contribution in [2.24, 2.45) is 0 Å². The Morgan fingerprint density at radius 1 is 1.14 bits per heavy atom. The zero-order valence-corrected chi connectivity index (χ0v) is 12.5. The summed E-state index contributed by atoms with van der Waals surface area (Å²) in [4.78, 5) is 16.1. The van der Waals surface area contributed by atoms with E-state index in [9.17, 15) is 9.90 Å². The first-order valence-electron chi connectivity index (χ1n) is 7.46. The second-order valence-corrected chi connectivity index (χ2v) is 5.32. The highest BCUT2D eigenvalue weighted by Gasteiger charge is 2.14. The van der Waals surface area contributed by atoms with Crippen LogP contribution in [-0.2, 0) is 13.0 Å². The highest BCUT2D eigenvalue weighted by atomic mass is 16.4. The van der Waals surface area contributed by atoms with E-state index in [4.69, 9.17) is 0 Å². The Bertz CT molecular complexity index is 821. The number of para-hydroxylation sites is 2. The van der Waals surface area contributed by atoms with Crippen molar-refractivity contribution < 1.29 is 9.90 Å². The van der Waals surface area contributed by atoms with Gasteiger partial charge in [-0.15, -0.1) is 0 Å². The van der Waals surface area contributed by atoms with Gasteiger partial charge in [0.05, 0.1) is 23.1 Å². The Balaban J connectivity index is 2.10. The number of fused-ring (bicyclic) bond motifs is 1. The summed E-state index contributed by atoms with van der Waals surface area (Å²) in [5, 5.41) is 9.36. The van der Waals surface area contributed by atoms with Crippen LogP contribution in [0.4, 0.5) is 0 Å². The molecule has 3 aromatic rings. The van der Waals surface area contributed by atoms with Gasteiger partial charge in [0.1, 0.15) is 5.82 Å². The van der Waals surface area contributed by atoms with Crippen molar-refractivity contribution in [1.29, 1.82) is 0 Å². The minimum Gasteiger partial charge on any atom is -0.478 e. The molecule has 0 aliphatic rings. The Labute approximate surface area is 129 Å². The van der Waals surface area contributed by atoms with Gasteiger partial charge in [-0.25, -0.2) is 9.78 Å². The molecular formula is C18H18N2O2. The van der Waals surface area contributed by atoms with Gasteiger partial charge in [-0.2, -0.15) is 0 Å². The van der Waals surface area contributed by atoms with E-state index in [1.54, 1.807) is 12.1 Å². The normalized spacial score (nSPS) is 11.0. The third-order valence-corrected chi connectivity index (χ3v) is 3.78. The molecule has 0 saturated carbocycles. The van der Waals surface area contributed by atoms with Gasteiger partial charge in [-0.05, 0) is 30.2 Å². The zero-order chi connectivity index (χ0) is 15.5. The number of rotatable bonds is 5. The summed E-state index contributed by atoms with van der Waals surface area (Å²) in [6, 6.07) is 15.1. The zero-order valence-electron chi connectivity index (χ0n) is 12.5. The van der Waals surface area contributed by atoms with Crippen LogP contribution in [0.5, 0.6) is 0 Å². The van der Waals surface area contributed by atoms with Crippen LogP contribution < -0.4 is 0 Å². The number of hydrogen-bond donors (Lipinski definition) is 1. The van der Waals surface area contributed by atoms with E-state index in [0.717, 1.165) is 35.3 Å². The van der Waals surface area contributed by atoms with Crippen molar-refractivity contribution in [1.82, 2.24) is 9.55 Å². The van der Waals surface area contributed by atoms with E-state index in [0.29, 0.717) is 12.1 Å². The molecule has 0 fully saturated rings. The summed E-state index contributed by atoms with van der Waals surface area (Å²) in [7, 11) is 0. The Hall–Kier alpha value is -2.62. The SMILES string of the molecule is CCCc1nc2ccccc2n1Cc1ccccc1C(=O)O. The highest BCUT2D eigenvalue weighted by molar-refractivity contribution is 5.89. The van der Waals surface area contributed by atoms with Gasteiger partial charge < -0.3 is 9.67 Å². The molecule has 1 aromatic heterocycles. The number of benzene rings is 2. The average Bonchev–Trinajstić information content (AvgIpc) is 2.86. The van der Waals surface area contributed by atoms with E-state index in [1.165, 1.54) is 0 Å². The first-order valence-corrected chi connectivity index (χ1v) is 7.46. The predicted octanol–water partition coefficient (Wildman–Crippen LogP) is 3.74. The number of aromatic nitrogens is 2. The first-order chi connectivity index (χ1) is 10.7. The summed E-state index contributed by atoms with van der Waals surface area (Å²) in [6.07, 6.45) is 1.88. The molecule has 0 saturated heterocycles. The number of aryl methyl sites for hydroxylation is 1. The molecule has 1 N–H and O–H groups in total. The van der Waals surface area contributed by atoms with Gasteiger partial charge in [0.15, 0.2) is 0 Å². The predicted molar refractivity (Wildman–Crippen MR) is 86.2 cm³/mol. The van der Waals surface area contributed by atoms with Gasteiger partial charge in [-0.1, -0.05) is 37.3 Å². The molecular weight excluding hydrogens is 276 g/mol. The van der Waals surface area contributed by atoms with Gasteiger partial charge in [0.25, 0.3) is 0 Å². The summed E-state index contributed by atoms with van der Waals surface area (Å²) in [6.45, 7) is 2.65. The standard InChI is InChI=1S/C18H18N2O2/c1-2-7-17-19-15-10-5-6-11-16(15)20(17)12-13-8-3-4-9-14(13)18(21)22/h3-6,8-11H,2,7,12H2,1H3,(H,21,22). The van der Waals surface area contributed by atoms with Crippen molar-refractivity contribution in [2.45, 2.75) is 26.3 Å². The maximum Gasteiger partial charge on any atom is 0.336 e. The Kier molecular flexibility index (Phi) is 3.92. The fourth-order valence-corrected chi connectivity index (χ4v) is 2.75. The van der Waals surface area contributed by atoms with E-state index in [1.807, 2.05) is 36.4 Å². The first kappa shape index (κ1) is 14.3. The molecule has 22 heavy (non-hydrogen) atoms. The average molecular weight is 294 g/mol. The van der Waals surface area contributed by atoms with Crippen molar-refractivity contribution in [2.75, 3.05) is 0 Å².